The van der Waals surface area contributed by atoms with E-state index in [2.05, 4.69) is 6.92 Å². The van der Waals surface area contributed by atoms with Gasteiger partial charge in [-0.2, -0.15) is 0 Å². The molecule has 2 unspecified atom stereocenters. The van der Waals surface area contributed by atoms with Crippen LogP contribution in [-0.4, -0.2) is 37.1 Å². The second kappa shape index (κ2) is 8.08. The summed E-state index contributed by atoms with van der Waals surface area (Å²) in [6, 6.07) is 0. The molecule has 1 aliphatic rings. The van der Waals surface area contributed by atoms with E-state index in [-0.39, 0.29) is 6.10 Å². The number of aliphatic hydroxyl groups is 1. The first-order valence-corrected chi connectivity index (χ1v) is 6.20. The van der Waals surface area contributed by atoms with Crippen LogP contribution in [0.2, 0.25) is 0 Å². The molecule has 1 N–H and O–H groups in total. The molecule has 1 heterocycles. The normalized spacial score (nSPS) is 23.2. The van der Waals surface area contributed by atoms with Crippen LogP contribution >= 0.6 is 0 Å². The lowest BCUT2D eigenvalue weighted by molar-refractivity contribution is 0.0571. The minimum Gasteiger partial charge on any atom is -0.393 e. The predicted molar refractivity (Wildman–Crippen MR) is 59.9 cm³/mol. The third-order valence-electron chi connectivity index (χ3n) is 2.79. The van der Waals surface area contributed by atoms with E-state index in [1.54, 1.807) is 0 Å². The molecule has 0 spiro atoms. The SMILES string of the molecule is CCCOCCC(O)CCC1CCCO1. The van der Waals surface area contributed by atoms with Crippen molar-refractivity contribution in [3.8, 4) is 0 Å². The average molecular weight is 216 g/mol. The summed E-state index contributed by atoms with van der Waals surface area (Å²) in [4.78, 5) is 0. The molecule has 1 fully saturated rings. The van der Waals surface area contributed by atoms with Crippen molar-refractivity contribution in [2.75, 3.05) is 19.8 Å². The third kappa shape index (κ3) is 6.13. The van der Waals surface area contributed by atoms with Crippen molar-refractivity contribution in [1.82, 2.24) is 0 Å². The second-order valence-electron chi connectivity index (χ2n) is 4.27. The summed E-state index contributed by atoms with van der Waals surface area (Å²) in [6.45, 7) is 4.48. The summed E-state index contributed by atoms with van der Waals surface area (Å²) in [6.07, 6.45) is 6.18. The maximum atomic E-state index is 9.67. The lowest BCUT2D eigenvalue weighted by Gasteiger charge is -2.13. The molecule has 3 heteroatoms. The molecule has 1 saturated heterocycles. The molecule has 3 nitrogen and oxygen atoms in total. The molecule has 2 atom stereocenters. The molecule has 1 rings (SSSR count). The van der Waals surface area contributed by atoms with Crippen LogP contribution in [0.25, 0.3) is 0 Å². The summed E-state index contributed by atoms with van der Waals surface area (Å²) in [5.74, 6) is 0. The molecule has 15 heavy (non-hydrogen) atoms. The maximum absolute atomic E-state index is 9.67. The third-order valence-corrected chi connectivity index (χ3v) is 2.79. The Hall–Kier alpha value is -0.120. The first-order valence-electron chi connectivity index (χ1n) is 6.20. The van der Waals surface area contributed by atoms with Gasteiger partial charge in [0.1, 0.15) is 0 Å². The van der Waals surface area contributed by atoms with Crippen LogP contribution in [0.3, 0.4) is 0 Å². The average Bonchev–Trinajstić information content (AvgIpc) is 2.74. The highest BCUT2D eigenvalue weighted by Crippen LogP contribution is 2.18. The van der Waals surface area contributed by atoms with Crippen LogP contribution in [0.4, 0.5) is 0 Å². The lowest BCUT2D eigenvalue weighted by atomic mass is 10.1. The van der Waals surface area contributed by atoms with Gasteiger partial charge in [0.15, 0.2) is 0 Å². The number of hydrogen-bond donors (Lipinski definition) is 1. The second-order valence-corrected chi connectivity index (χ2v) is 4.27. The fourth-order valence-corrected chi connectivity index (χ4v) is 1.86. The van der Waals surface area contributed by atoms with E-state index in [0.717, 1.165) is 38.9 Å². The predicted octanol–water partition coefficient (Wildman–Crippen LogP) is 2.12. The van der Waals surface area contributed by atoms with E-state index in [4.69, 9.17) is 9.47 Å². The van der Waals surface area contributed by atoms with Crippen molar-refractivity contribution in [2.24, 2.45) is 0 Å². The van der Waals surface area contributed by atoms with Gasteiger partial charge in [0, 0.05) is 19.8 Å². The van der Waals surface area contributed by atoms with Crippen LogP contribution in [-0.2, 0) is 9.47 Å². The van der Waals surface area contributed by atoms with Crippen LogP contribution in [0, 0.1) is 0 Å². The van der Waals surface area contributed by atoms with Crippen molar-refractivity contribution < 1.29 is 14.6 Å². The standard InChI is InChI=1S/C12H24O3/c1-2-8-14-10-7-11(13)5-6-12-4-3-9-15-12/h11-13H,2-10H2,1H3. The summed E-state index contributed by atoms with van der Waals surface area (Å²) in [5, 5.41) is 9.67. The van der Waals surface area contributed by atoms with Crippen molar-refractivity contribution in [2.45, 2.75) is 57.7 Å². The topological polar surface area (TPSA) is 38.7 Å². The summed E-state index contributed by atoms with van der Waals surface area (Å²) >= 11 is 0. The van der Waals surface area contributed by atoms with Gasteiger partial charge in [0.05, 0.1) is 12.2 Å². The minimum absolute atomic E-state index is 0.217. The van der Waals surface area contributed by atoms with Crippen molar-refractivity contribution in [3.05, 3.63) is 0 Å². The Kier molecular flexibility index (Phi) is 6.98. The van der Waals surface area contributed by atoms with E-state index < -0.39 is 0 Å². The number of ether oxygens (including phenoxy) is 2. The number of hydrogen-bond acceptors (Lipinski definition) is 3. The summed E-state index contributed by atoms with van der Waals surface area (Å²) in [5.41, 5.74) is 0. The van der Waals surface area contributed by atoms with Crippen molar-refractivity contribution in [3.63, 3.8) is 0 Å². The van der Waals surface area contributed by atoms with Crippen LogP contribution in [0.5, 0.6) is 0 Å². The van der Waals surface area contributed by atoms with Gasteiger partial charge in [-0.3, -0.25) is 0 Å². The molecule has 1 aliphatic heterocycles. The Morgan fingerprint density at radius 2 is 2.27 bits per heavy atom. The largest absolute Gasteiger partial charge is 0.393 e. The first kappa shape index (κ1) is 12.9. The van der Waals surface area contributed by atoms with Crippen LogP contribution in [0.15, 0.2) is 0 Å². The maximum Gasteiger partial charge on any atom is 0.0577 e. The highest BCUT2D eigenvalue weighted by atomic mass is 16.5. The zero-order valence-electron chi connectivity index (χ0n) is 9.78. The Bertz CT molecular complexity index is 144. The zero-order chi connectivity index (χ0) is 10.9. The van der Waals surface area contributed by atoms with E-state index in [9.17, 15) is 5.11 Å². The van der Waals surface area contributed by atoms with Crippen LogP contribution in [0.1, 0.15) is 45.4 Å². The van der Waals surface area contributed by atoms with E-state index >= 15 is 0 Å². The Labute approximate surface area is 92.8 Å². The Morgan fingerprint density at radius 3 is 2.93 bits per heavy atom. The van der Waals surface area contributed by atoms with Gasteiger partial charge in [-0.15, -0.1) is 0 Å². The molecule has 0 amide bonds. The highest BCUT2D eigenvalue weighted by Gasteiger charge is 2.16. The van der Waals surface area contributed by atoms with E-state index in [0.29, 0.717) is 12.7 Å². The van der Waals surface area contributed by atoms with Crippen molar-refractivity contribution in [1.29, 1.82) is 0 Å². The minimum atomic E-state index is -0.217. The highest BCUT2D eigenvalue weighted by molar-refractivity contribution is 4.67. The molecule has 0 saturated carbocycles. The number of aliphatic hydroxyl groups excluding tert-OH is 1. The fraction of sp³-hybridized carbons (Fsp3) is 1.00. The smallest absolute Gasteiger partial charge is 0.0577 e. The Balaban J connectivity index is 1.90. The number of rotatable bonds is 8. The van der Waals surface area contributed by atoms with Gasteiger partial charge in [0.2, 0.25) is 0 Å². The quantitative estimate of drug-likeness (QED) is 0.632. The van der Waals surface area contributed by atoms with Crippen LogP contribution < -0.4 is 0 Å². The molecule has 0 radical (unpaired) electrons. The molecule has 90 valence electrons. The molecule has 0 aromatic carbocycles. The van der Waals surface area contributed by atoms with Gasteiger partial charge >= 0.3 is 0 Å². The van der Waals surface area contributed by atoms with Gasteiger partial charge in [0.25, 0.3) is 0 Å². The van der Waals surface area contributed by atoms with Gasteiger partial charge in [-0.1, -0.05) is 6.92 Å². The van der Waals surface area contributed by atoms with E-state index in [1.807, 2.05) is 0 Å². The zero-order valence-corrected chi connectivity index (χ0v) is 9.78. The summed E-state index contributed by atoms with van der Waals surface area (Å²) in [7, 11) is 0. The first-order chi connectivity index (χ1) is 7.33. The molecular weight excluding hydrogens is 192 g/mol. The molecule has 0 aliphatic carbocycles. The molecule has 0 aromatic rings. The van der Waals surface area contributed by atoms with E-state index in [1.165, 1.54) is 12.8 Å². The molecule has 0 aromatic heterocycles. The monoisotopic (exact) mass is 216 g/mol. The summed E-state index contributed by atoms with van der Waals surface area (Å²) < 4.78 is 10.8. The van der Waals surface area contributed by atoms with Gasteiger partial charge in [-0.05, 0) is 38.5 Å². The Morgan fingerprint density at radius 1 is 1.40 bits per heavy atom. The van der Waals surface area contributed by atoms with Gasteiger partial charge < -0.3 is 14.6 Å². The molecule has 0 bridgehead atoms. The van der Waals surface area contributed by atoms with Crippen molar-refractivity contribution >= 4 is 0 Å². The fourth-order valence-electron chi connectivity index (χ4n) is 1.86. The lowest BCUT2D eigenvalue weighted by Crippen LogP contribution is -2.14. The molecular formula is C12H24O3. The van der Waals surface area contributed by atoms with Gasteiger partial charge in [-0.25, -0.2) is 0 Å².